The minimum atomic E-state index is -4.48. The number of halogens is 3. The van der Waals surface area contributed by atoms with Crippen LogP contribution in [-0.2, 0) is 17.5 Å². The van der Waals surface area contributed by atoms with Crippen LogP contribution >= 0.6 is 0 Å². The molecular weight excluding hydrogens is 429 g/mol. The van der Waals surface area contributed by atoms with Crippen molar-refractivity contribution in [2.24, 2.45) is 0 Å². The van der Waals surface area contributed by atoms with E-state index < -0.39 is 17.7 Å². The Morgan fingerprint density at radius 1 is 1.19 bits per heavy atom. The molecule has 0 saturated heterocycles. The molecule has 3 N–H and O–H groups in total. The Morgan fingerprint density at radius 2 is 2.00 bits per heavy atom. The van der Waals surface area contributed by atoms with E-state index in [2.05, 4.69) is 20.6 Å². The maximum Gasteiger partial charge on any atom is 0.416 e. The molecular formula is C21H21F3N4O4. The summed E-state index contributed by atoms with van der Waals surface area (Å²) in [5.74, 6) is -1.00. The smallest absolute Gasteiger partial charge is 0.416 e. The van der Waals surface area contributed by atoms with Crippen LogP contribution in [0.5, 0.6) is 0 Å². The van der Waals surface area contributed by atoms with E-state index in [-0.39, 0.29) is 35.3 Å². The molecule has 3 rings (SSSR count). The number of alkyl halides is 3. The van der Waals surface area contributed by atoms with Crippen LogP contribution < -0.4 is 10.6 Å². The predicted molar refractivity (Wildman–Crippen MR) is 110 cm³/mol. The van der Waals surface area contributed by atoms with Gasteiger partial charge in [-0.3, -0.25) is 0 Å². The summed E-state index contributed by atoms with van der Waals surface area (Å²) in [4.78, 5) is 20.5. The third-order valence-corrected chi connectivity index (χ3v) is 4.40. The van der Waals surface area contributed by atoms with Gasteiger partial charge in [-0.2, -0.15) is 18.2 Å². The molecule has 3 aromatic rings. The van der Waals surface area contributed by atoms with Gasteiger partial charge in [0.15, 0.2) is 5.76 Å². The zero-order valence-corrected chi connectivity index (χ0v) is 17.1. The van der Waals surface area contributed by atoms with Crippen LogP contribution in [0.15, 0.2) is 47.1 Å². The number of carboxylic acids is 1. The van der Waals surface area contributed by atoms with Crippen molar-refractivity contribution in [3.05, 3.63) is 59.4 Å². The summed E-state index contributed by atoms with van der Waals surface area (Å²) in [5.41, 5.74) is -0.703. The first-order valence-electron chi connectivity index (χ1n) is 9.61. The Kier molecular flexibility index (Phi) is 7.31. The van der Waals surface area contributed by atoms with Crippen LogP contribution in [0.1, 0.15) is 27.9 Å². The summed E-state index contributed by atoms with van der Waals surface area (Å²) in [6.45, 7) is 0.888. The monoisotopic (exact) mass is 450 g/mol. The van der Waals surface area contributed by atoms with Crippen LogP contribution in [0.2, 0.25) is 0 Å². The van der Waals surface area contributed by atoms with E-state index in [1.807, 2.05) is 0 Å². The number of nitrogens with zero attached hydrogens (tertiary/aromatic N) is 2. The zero-order valence-electron chi connectivity index (χ0n) is 17.1. The number of carbonyl (C=O) groups is 1. The Hall–Kier alpha value is -3.60. The molecule has 0 aliphatic heterocycles. The van der Waals surface area contributed by atoms with Gasteiger partial charge in [0.05, 0.1) is 11.8 Å². The number of furan rings is 1. The number of methoxy groups -OCH3 is 1. The third-order valence-electron chi connectivity index (χ3n) is 4.40. The van der Waals surface area contributed by atoms with Gasteiger partial charge in [0.25, 0.3) is 0 Å². The van der Waals surface area contributed by atoms with Crippen molar-refractivity contribution in [2.75, 3.05) is 30.9 Å². The third kappa shape index (κ3) is 5.76. The Bertz CT molecular complexity index is 1060. The van der Waals surface area contributed by atoms with Crippen molar-refractivity contribution in [3.8, 4) is 11.5 Å². The number of aromatic nitrogens is 2. The summed E-state index contributed by atoms with van der Waals surface area (Å²) < 4.78 is 49.3. The number of rotatable bonds is 10. The van der Waals surface area contributed by atoms with E-state index in [1.165, 1.54) is 18.4 Å². The highest BCUT2D eigenvalue weighted by molar-refractivity contribution is 5.99. The van der Waals surface area contributed by atoms with Crippen LogP contribution in [0.25, 0.3) is 11.5 Å². The van der Waals surface area contributed by atoms with Gasteiger partial charge in [-0.05, 0) is 36.2 Å². The highest BCUT2D eigenvalue weighted by Crippen LogP contribution is 2.31. The normalized spacial score (nSPS) is 11.4. The van der Waals surface area contributed by atoms with Gasteiger partial charge in [0.1, 0.15) is 17.1 Å². The fourth-order valence-electron chi connectivity index (χ4n) is 2.92. The molecule has 8 nitrogen and oxygen atoms in total. The summed E-state index contributed by atoms with van der Waals surface area (Å²) in [5, 5.41) is 15.6. The van der Waals surface area contributed by atoms with Gasteiger partial charge in [-0.25, -0.2) is 9.78 Å². The number of benzene rings is 1. The molecule has 0 fully saturated rings. The fraction of sp³-hybridized carbons (Fsp3) is 0.286. The zero-order chi connectivity index (χ0) is 23.1. The van der Waals surface area contributed by atoms with Gasteiger partial charge in [0, 0.05) is 26.8 Å². The Labute approximate surface area is 181 Å². The first-order chi connectivity index (χ1) is 15.3. The lowest BCUT2D eigenvalue weighted by Gasteiger charge is -2.15. The molecule has 2 aromatic heterocycles. The molecule has 0 amide bonds. The van der Waals surface area contributed by atoms with Crippen molar-refractivity contribution in [1.82, 2.24) is 9.97 Å². The maximum atomic E-state index is 13.0. The summed E-state index contributed by atoms with van der Waals surface area (Å²) in [6.07, 6.45) is -2.45. The first kappa shape index (κ1) is 23.1. The second-order valence-corrected chi connectivity index (χ2v) is 6.73. The highest BCUT2D eigenvalue weighted by Gasteiger charge is 2.30. The van der Waals surface area contributed by atoms with Crippen molar-refractivity contribution in [2.45, 2.75) is 19.1 Å². The first-order valence-corrected chi connectivity index (χ1v) is 9.61. The van der Waals surface area contributed by atoms with E-state index in [4.69, 9.17) is 9.15 Å². The van der Waals surface area contributed by atoms with Gasteiger partial charge in [-0.15, -0.1) is 0 Å². The Balaban J connectivity index is 1.94. The van der Waals surface area contributed by atoms with E-state index in [9.17, 15) is 23.1 Å². The maximum absolute atomic E-state index is 13.0. The molecule has 0 saturated carbocycles. The number of nitrogens with one attached hydrogen (secondary N) is 2. The van der Waals surface area contributed by atoms with Gasteiger partial charge >= 0.3 is 12.1 Å². The number of hydrogen-bond donors (Lipinski definition) is 3. The largest absolute Gasteiger partial charge is 0.477 e. The summed E-state index contributed by atoms with van der Waals surface area (Å²) >= 11 is 0. The lowest BCUT2D eigenvalue weighted by atomic mass is 10.1. The van der Waals surface area contributed by atoms with Gasteiger partial charge < -0.3 is 24.9 Å². The number of ether oxygens (including phenoxy) is 1. The van der Waals surface area contributed by atoms with Crippen molar-refractivity contribution < 1.29 is 32.2 Å². The van der Waals surface area contributed by atoms with Crippen molar-refractivity contribution in [3.63, 3.8) is 0 Å². The molecule has 1 aromatic carbocycles. The quantitative estimate of drug-likeness (QED) is 0.387. The standard InChI is InChI=1S/C21H21F3N4O4/c1-31-9-4-8-25-20-27-17(15-7-3-10-32-15)16(19(29)30)18(28-20)26-12-13-5-2-6-14(11-13)21(22,23)24/h2-3,5-7,10-11H,4,8-9,12H2,1H3,(H,29,30)(H2,25,26,27,28). The minimum absolute atomic E-state index is 0.0401. The van der Waals surface area contributed by atoms with E-state index in [0.717, 1.165) is 12.1 Å². The van der Waals surface area contributed by atoms with E-state index in [1.54, 1.807) is 19.2 Å². The number of anilines is 2. The molecule has 0 radical (unpaired) electrons. The van der Waals surface area contributed by atoms with Gasteiger partial charge in [-0.1, -0.05) is 12.1 Å². The fourth-order valence-corrected chi connectivity index (χ4v) is 2.92. The molecule has 2 heterocycles. The Morgan fingerprint density at radius 3 is 2.66 bits per heavy atom. The second kappa shape index (κ2) is 10.1. The molecule has 11 heteroatoms. The topological polar surface area (TPSA) is 110 Å². The molecule has 170 valence electrons. The summed E-state index contributed by atoms with van der Waals surface area (Å²) in [7, 11) is 1.57. The van der Waals surface area contributed by atoms with Crippen molar-refractivity contribution in [1.29, 1.82) is 0 Å². The van der Waals surface area contributed by atoms with Gasteiger partial charge in [0.2, 0.25) is 5.95 Å². The predicted octanol–water partition coefficient (Wildman–Crippen LogP) is 4.51. The van der Waals surface area contributed by atoms with Crippen LogP contribution in [0, 0.1) is 0 Å². The van der Waals surface area contributed by atoms with Crippen LogP contribution in [0.4, 0.5) is 24.9 Å². The molecule has 0 aliphatic rings. The molecule has 0 atom stereocenters. The van der Waals surface area contributed by atoms with E-state index in [0.29, 0.717) is 25.1 Å². The van der Waals surface area contributed by atoms with E-state index >= 15 is 0 Å². The molecule has 32 heavy (non-hydrogen) atoms. The second-order valence-electron chi connectivity index (χ2n) is 6.73. The minimum Gasteiger partial charge on any atom is -0.477 e. The molecule has 0 aliphatic carbocycles. The lowest BCUT2D eigenvalue weighted by Crippen LogP contribution is -2.15. The average molecular weight is 450 g/mol. The van der Waals surface area contributed by atoms with Crippen LogP contribution in [-0.4, -0.2) is 41.3 Å². The van der Waals surface area contributed by atoms with Crippen LogP contribution in [0.3, 0.4) is 0 Å². The molecule has 0 unspecified atom stereocenters. The lowest BCUT2D eigenvalue weighted by molar-refractivity contribution is -0.137. The number of hydrogen-bond acceptors (Lipinski definition) is 7. The average Bonchev–Trinajstić information content (AvgIpc) is 3.29. The highest BCUT2D eigenvalue weighted by atomic mass is 19.4. The number of aromatic carboxylic acids is 1. The van der Waals surface area contributed by atoms with Crippen molar-refractivity contribution >= 4 is 17.7 Å². The molecule has 0 bridgehead atoms. The SMILES string of the molecule is COCCCNc1nc(NCc2cccc(C(F)(F)F)c2)c(C(=O)O)c(-c2ccco2)n1. The molecule has 0 spiro atoms. The number of carboxylic acid groups (broad SMARTS) is 1. The summed E-state index contributed by atoms with van der Waals surface area (Å²) in [6, 6.07) is 7.89.